The molecule has 2 rings (SSSR count). The number of nitrogens with two attached hydrogens (primary N) is 1. The fraction of sp³-hybridized carbons (Fsp3) is 0.533. The van der Waals surface area contributed by atoms with Crippen LogP contribution in [-0.2, 0) is 4.79 Å². The third-order valence-corrected chi connectivity index (χ3v) is 3.90. The van der Waals surface area contributed by atoms with Crippen molar-refractivity contribution in [3.05, 3.63) is 29.8 Å². The van der Waals surface area contributed by atoms with Crippen molar-refractivity contribution in [2.45, 2.75) is 50.8 Å². The fourth-order valence-corrected chi connectivity index (χ4v) is 2.69. The van der Waals surface area contributed by atoms with Gasteiger partial charge in [-0.05, 0) is 25.8 Å². The van der Waals surface area contributed by atoms with Gasteiger partial charge in [0.1, 0.15) is 5.75 Å². The number of alkyl halides is 2. The van der Waals surface area contributed by atoms with Gasteiger partial charge in [-0.1, -0.05) is 31.0 Å². The molecule has 0 spiro atoms. The average molecular weight is 298 g/mol. The van der Waals surface area contributed by atoms with Gasteiger partial charge in [-0.15, -0.1) is 0 Å². The van der Waals surface area contributed by atoms with Crippen LogP contribution in [0.5, 0.6) is 5.75 Å². The number of amides is 1. The molecule has 0 radical (unpaired) electrons. The number of hydrogen-bond donors (Lipinski definition) is 2. The second-order valence-electron chi connectivity index (χ2n) is 5.47. The Hall–Kier alpha value is -1.69. The summed E-state index contributed by atoms with van der Waals surface area (Å²) in [6.45, 7) is -1.17. The number of nitrogens with one attached hydrogen (secondary N) is 1. The van der Waals surface area contributed by atoms with E-state index >= 15 is 0 Å². The molecule has 0 bridgehead atoms. The highest BCUT2D eigenvalue weighted by Crippen LogP contribution is 2.30. The second-order valence-corrected chi connectivity index (χ2v) is 5.47. The van der Waals surface area contributed by atoms with Gasteiger partial charge in [0.25, 0.3) is 0 Å². The molecule has 0 saturated heterocycles. The molecule has 21 heavy (non-hydrogen) atoms. The van der Waals surface area contributed by atoms with E-state index in [1.165, 1.54) is 6.07 Å². The zero-order chi connectivity index (χ0) is 15.5. The predicted octanol–water partition coefficient (Wildman–Crippen LogP) is 2.74. The van der Waals surface area contributed by atoms with Crippen LogP contribution in [0.1, 0.15) is 44.2 Å². The first-order valence-corrected chi connectivity index (χ1v) is 7.06. The van der Waals surface area contributed by atoms with Crippen LogP contribution in [0.25, 0.3) is 0 Å². The summed E-state index contributed by atoms with van der Waals surface area (Å²) in [4.78, 5) is 12.3. The zero-order valence-electron chi connectivity index (χ0n) is 11.9. The summed E-state index contributed by atoms with van der Waals surface area (Å²) in [5, 5.41) is 2.80. The van der Waals surface area contributed by atoms with E-state index in [1.54, 1.807) is 25.1 Å². The lowest BCUT2D eigenvalue weighted by Gasteiger charge is -2.26. The number of carbonyl (C=O) groups is 1. The van der Waals surface area contributed by atoms with Crippen LogP contribution in [0.15, 0.2) is 24.3 Å². The zero-order valence-corrected chi connectivity index (χ0v) is 11.9. The van der Waals surface area contributed by atoms with Gasteiger partial charge in [0.05, 0.1) is 11.6 Å². The largest absolute Gasteiger partial charge is 0.434 e. The first-order valence-electron chi connectivity index (χ1n) is 7.06. The van der Waals surface area contributed by atoms with Gasteiger partial charge in [0, 0.05) is 5.56 Å². The summed E-state index contributed by atoms with van der Waals surface area (Å²) in [6.07, 6.45) is 3.17. The number of carbonyl (C=O) groups excluding carboxylic acids is 1. The minimum atomic E-state index is -2.90. The molecular formula is C15H20F2N2O2. The monoisotopic (exact) mass is 298 g/mol. The number of ether oxygens (including phenoxy) is 1. The van der Waals surface area contributed by atoms with E-state index in [-0.39, 0.29) is 11.7 Å². The smallest absolute Gasteiger partial charge is 0.387 e. The molecule has 4 nitrogen and oxygen atoms in total. The Bertz CT molecular complexity index is 502. The molecule has 1 aromatic rings. The van der Waals surface area contributed by atoms with E-state index in [0.717, 1.165) is 12.8 Å². The maximum atomic E-state index is 12.4. The lowest BCUT2D eigenvalue weighted by atomic mass is 9.97. The Morgan fingerprint density at radius 3 is 2.57 bits per heavy atom. The summed E-state index contributed by atoms with van der Waals surface area (Å²) < 4.78 is 29.3. The van der Waals surface area contributed by atoms with Crippen LogP contribution in [0.4, 0.5) is 8.78 Å². The van der Waals surface area contributed by atoms with Crippen molar-refractivity contribution in [3.8, 4) is 5.75 Å². The SMILES string of the molecule is CC(NC(=O)C1(N)CCCC1)c1ccccc1OC(F)F. The molecule has 1 aromatic carbocycles. The molecule has 1 saturated carbocycles. The van der Waals surface area contributed by atoms with Crippen molar-refractivity contribution in [1.29, 1.82) is 0 Å². The molecule has 116 valence electrons. The normalized spacial score (nSPS) is 18.5. The maximum Gasteiger partial charge on any atom is 0.387 e. The van der Waals surface area contributed by atoms with E-state index in [1.807, 2.05) is 0 Å². The van der Waals surface area contributed by atoms with Gasteiger partial charge in [-0.3, -0.25) is 4.79 Å². The average Bonchev–Trinajstić information content (AvgIpc) is 2.87. The van der Waals surface area contributed by atoms with Gasteiger partial charge in [0.15, 0.2) is 0 Å². The van der Waals surface area contributed by atoms with Crippen molar-refractivity contribution >= 4 is 5.91 Å². The molecule has 1 atom stereocenters. The standard InChI is InChI=1S/C15H20F2N2O2/c1-10(19-13(20)15(18)8-4-5-9-15)11-6-2-3-7-12(11)21-14(16)17/h2-3,6-7,10,14H,4-5,8-9,18H2,1H3,(H,19,20). The van der Waals surface area contributed by atoms with E-state index in [0.29, 0.717) is 18.4 Å². The Morgan fingerprint density at radius 2 is 1.95 bits per heavy atom. The van der Waals surface area contributed by atoms with Gasteiger partial charge in [0.2, 0.25) is 5.91 Å². The number of halogens is 2. The van der Waals surface area contributed by atoms with Crippen LogP contribution in [0.2, 0.25) is 0 Å². The highest BCUT2D eigenvalue weighted by molar-refractivity contribution is 5.86. The van der Waals surface area contributed by atoms with Crippen molar-refractivity contribution in [2.24, 2.45) is 5.73 Å². The summed E-state index contributed by atoms with van der Waals surface area (Å²) in [7, 11) is 0. The third kappa shape index (κ3) is 3.69. The van der Waals surface area contributed by atoms with E-state index in [2.05, 4.69) is 10.1 Å². The second kappa shape index (κ2) is 6.39. The first kappa shape index (κ1) is 15.7. The molecular weight excluding hydrogens is 278 g/mol. The molecule has 1 fully saturated rings. The van der Waals surface area contributed by atoms with Crippen LogP contribution >= 0.6 is 0 Å². The third-order valence-electron chi connectivity index (χ3n) is 3.90. The van der Waals surface area contributed by atoms with Crippen LogP contribution < -0.4 is 15.8 Å². The van der Waals surface area contributed by atoms with E-state index in [9.17, 15) is 13.6 Å². The van der Waals surface area contributed by atoms with Gasteiger partial charge >= 0.3 is 6.61 Å². The Kier molecular flexibility index (Phi) is 4.77. The van der Waals surface area contributed by atoms with Crippen LogP contribution in [0, 0.1) is 0 Å². The maximum absolute atomic E-state index is 12.4. The van der Waals surface area contributed by atoms with E-state index in [4.69, 9.17) is 5.73 Å². The van der Waals surface area contributed by atoms with Gasteiger partial charge < -0.3 is 15.8 Å². The van der Waals surface area contributed by atoms with Crippen molar-refractivity contribution in [2.75, 3.05) is 0 Å². The predicted molar refractivity (Wildman–Crippen MR) is 75.0 cm³/mol. The first-order chi connectivity index (χ1) is 9.92. The number of benzene rings is 1. The lowest BCUT2D eigenvalue weighted by Crippen LogP contribution is -2.52. The number of rotatable bonds is 5. The molecule has 0 heterocycles. The highest BCUT2D eigenvalue weighted by Gasteiger charge is 2.37. The molecule has 1 aliphatic carbocycles. The molecule has 0 aliphatic heterocycles. The minimum absolute atomic E-state index is 0.0674. The van der Waals surface area contributed by atoms with Crippen molar-refractivity contribution in [1.82, 2.24) is 5.32 Å². The van der Waals surface area contributed by atoms with Gasteiger partial charge in [-0.25, -0.2) is 0 Å². The molecule has 1 amide bonds. The molecule has 1 aliphatic rings. The van der Waals surface area contributed by atoms with Gasteiger partial charge in [-0.2, -0.15) is 8.78 Å². The Morgan fingerprint density at radius 1 is 1.33 bits per heavy atom. The topological polar surface area (TPSA) is 64.4 Å². The van der Waals surface area contributed by atoms with E-state index < -0.39 is 18.2 Å². The van der Waals surface area contributed by atoms with Crippen molar-refractivity contribution in [3.63, 3.8) is 0 Å². The number of para-hydroxylation sites is 1. The quantitative estimate of drug-likeness (QED) is 0.878. The fourth-order valence-electron chi connectivity index (χ4n) is 2.69. The highest BCUT2D eigenvalue weighted by atomic mass is 19.3. The van der Waals surface area contributed by atoms with Crippen LogP contribution in [-0.4, -0.2) is 18.1 Å². The summed E-state index contributed by atoms with van der Waals surface area (Å²) in [5.74, 6) is -0.169. The molecule has 0 aromatic heterocycles. The van der Waals surface area contributed by atoms with Crippen molar-refractivity contribution < 1.29 is 18.3 Å². The summed E-state index contributed by atoms with van der Waals surface area (Å²) >= 11 is 0. The molecule has 3 N–H and O–H groups in total. The summed E-state index contributed by atoms with van der Waals surface area (Å²) in [6, 6.07) is 5.98. The lowest BCUT2D eigenvalue weighted by molar-refractivity contribution is -0.126. The molecule has 6 heteroatoms. The van der Waals surface area contributed by atoms with Crippen LogP contribution in [0.3, 0.4) is 0 Å². The Balaban J connectivity index is 2.09. The number of hydrogen-bond acceptors (Lipinski definition) is 3. The minimum Gasteiger partial charge on any atom is -0.434 e. The summed E-state index contributed by atoms with van der Waals surface area (Å²) in [5.41, 5.74) is 5.75. The Labute approximate surface area is 122 Å². The molecule has 1 unspecified atom stereocenters.